The maximum Gasteiger partial charge on any atom is 0.0701 e. The van der Waals surface area contributed by atoms with Gasteiger partial charge in [-0.1, -0.05) is 0 Å². The van der Waals surface area contributed by atoms with Crippen LogP contribution in [-0.2, 0) is 0 Å². The summed E-state index contributed by atoms with van der Waals surface area (Å²) in [6, 6.07) is 2.21. The van der Waals surface area contributed by atoms with Crippen LogP contribution in [0.3, 0.4) is 0 Å². The van der Waals surface area contributed by atoms with E-state index in [1.54, 1.807) is 11.3 Å². The Morgan fingerprint density at radius 3 is 2.67 bits per heavy atom. The van der Waals surface area contributed by atoms with Gasteiger partial charge in [0.2, 0.25) is 0 Å². The maximum absolute atomic E-state index is 5.61. The molecule has 3 heteroatoms. The molecule has 50 valence electrons. The molecule has 0 bridgehead atoms. The third-order valence-corrected chi connectivity index (χ3v) is 2.64. The quantitative estimate of drug-likeness (QED) is 0.750. The molecule has 0 aromatic carbocycles. The van der Waals surface area contributed by atoms with E-state index in [0.29, 0.717) is 0 Å². The molecule has 1 aromatic heterocycles. The van der Waals surface area contributed by atoms with E-state index in [1.807, 2.05) is 6.92 Å². The van der Waals surface area contributed by atoms with E-state index in [-0.39, 0.29) is 6.04 Å². The van der Waals surface area contributed by atoms with Gasteiger partial charge in [0.05, 0.1) is 3.79 Å². The Bertz CT molecular complexity index is 195. The molecule has 1 rings (SSSR count). The average Bonchev–Trinajstić information content (AvgIpc) is 2.14. The van der Waals surface area contributed by atoms with Crippen LogP contribution in [0.15, 0.2) is 15.2 Å². The smallest absolute Gasteiger partial charge is 0.0701 e. The largest absolute Gasteiger partial charge is 0.324 e. The van der Waals surface area contributed by atoms with Crippen molar-refractivity contribution < 1.29 is 0 Å². The van der Waals surface area contributed by atoms with Crippen LogP contribution in [0.1, 0.15) is 18.5 Å². The Labute approximate surface area is 67.0 Å². The van der Waals surface area contributed by atoms with Gasteiger partial charge in [-0.15, -0.1) is 11.3 Å². The van der Waals surface area contributed by atoms with E-state index >= 15 is 0 Å². The van der Waals surface area contributed by atoms with Crippen molar-refractivity contribution in [1.82, 2.24) is 0 Å². The summed E-state index contributed by atoms with van der Waals surface area (Å²) in [5, 5.41) is 2.06. The molecule has 0 aliphatic carbocycles. The minimum atomic E-state index is 0.160. The zero-order chi connectivity index (χ0) is 6.85. The van der Waals surface area contributed by atoms with Gasteiger partial charge in [0.15, 0.2) is 0 Å². The van der Waals surface area contributed by atoms with Crippen molar-refractivity contribution in [2.45, 2.75) is 13.0 Å². The number of rotatable bonds is 1. The molecule has 0 spiro atoms. The predicted octanol–water partition coefficient (Wildman–Crippen LogP) is 2.53. The monoisotopic (exact) mass is 205 g/mol. The summed E-state index contributed by atoms with van der Waals surface area (Å²) in [5.74, 6) is 0. The van der Waals surface area contributed by atoms with Gasteiger partial charge in [0.1, 0.15) is 0 Å². The Morgan fingerprint density at radius 1 is 1.78 bits per heavy atom. The summed E-state index contributed by atoms with van der Waals surface area (Å²) in [6.07, 6.45) is 0. The maximum atomic E-state index is 5.61. The summed E-state index contributed by atoms with van der Waals surface area (Å²) in [6.45, 7) is 1.98. The van der Waals surface area contributed by atoms with E-state index in [9.17, 15) is 0 Å². The highest BCUT2D eigenvalue weighted by molar-refractivity contribution is 9.11. The number of hydrogen-bond acceptors (Lipinski definition) is 2. The second kappa shape index (κ2) is 2.82. The van der Waals surface area contributed by atoms with Crippen LogP contribution in [0.4, 0.5) is 0 Å². The molecular weight excluding hydrogens is 198 g/mol. The molecule has 1 nitrogen and oxygen atoms in total. The fraction of sp³-hybridized carbons (Fsp3) is 0.333. The third-order valence-electron chi connectivity index (χ3n) is 1.11. The molecule has 0 radical (unpaired) electrons. The lowest BCUT2D eigenvalue weighted by molar-refractivity contribution is 0.822. The van der Waals surface area contributed by atoms with Crippen LogP contribution in [0.2, 0.25) is 0 Å². The molecule has 0 fully saturated rings. The second-order valence-corrected chi connectivity index (χ2v) is 4.26. The zero-order valence-corrected chi connectivity index (χ0v) is 7.50. The standard InChI is InChI=1S/C6H8BrNS/c1-4(8)5-2-6(7)9-3-5/h2-4H,8H2,1H3. The summed E-state index contributed by atoms with van der Waals surface area (Å²) in [7, 11) is 0. The van der Waals surface area contributed by atoms with Gasteiger partial charge in [0, 0.05) is 6.04 Å². The minimum absolute atomic E-state index is 0.160. The summed E-state index contributed by atoms with van der Waals surface area (Å²) in [4.78, 5) is 0. The molecule has 0 saturated carbocycles. The van der Waals surface area contributed by atoms with E-state index < -0.39 is 0 Å². The lowest BCUT2D eigenvalue weighted by Crippen LogP contribution is -2.02. The normalized spacial score (nSPS) is 13.7. The minimum Gasteiger partial charge on any atom is -0.324 e. The van der Waals surface area contributed by atoms with Crippen LogP contribution in [0.5, 0.6) is 0 Å². The van der Waals surface area contributed by atoms with Crippen LogP contribution in [0, 0.1) is 0 Å². The molecule has 0 aliphatic rings. The van der Waals surface area contributed by atoms with Crippen molar-refractivity contribution >= 4 is 27.3 Å². The predicted molar refractivity (Wildman–Crippen MR) is 44.6 cm³/mol. The zero-order valence-electron chi connectivity index (χ0n) is 5.10. The topological polar surface area (TPSA) is 26.0 Å². The van der Waals surface area contributed by atoms with Gasteiger partial charge >= 0.3 is 0 Å². The van der Waals surface area contributed by atoms with Crippen molar-refractivity contribution in [3.63, 3.8) is 0 Å². The highest BCUT2D eigenvalue weighted by atomic mass is 79.9. The summed E-state index contributed by atoms with van der Waals surface area (Å²) < 4.78 is 1.15. The van der Waals surface area contributed by atoms with E-state index in [0.717, 1.165) is 3.79 Å². The van der Waals surface area contributed by atoms with Crippen molar-refractivity contribution in [2.75, 3.05) is 0 Å². The van der Waals surface area contributed by atoms with Crippen molar-refractivity contribution in [3.8, 4) is 0 Å². The molecule has 9 heavy (non-hydrogen) atoms. The van der Waals surface area contributed by atoms with Gasteiger partial charge in [-0.3, -0.25) is 0 Å². The number of halogens is 1. The van der Waals surface area contributed by atoms with E-state index in [4.69, 9.17) is 5.73 Å². The lowest BCUT2D eigenvalue weighted by Gasteiger charge is -1.97. The van der Waals surface area contributed by atoms with Crippen LogP contribution >= 0.6 is 27.3 Å². The Kier molecular flexibility index (Phi) is 2.27. The molecular formula is C6H8BrNS. The van der Waals surface area contributed by atoms with Gasteiger partial charge in [0.25, 0.3) is 0 Å². The first-order valence-electron chi connectivity index (χ1n) is 2.69. The SMILES string of the molecule is CC(N)c1csc(Br)c1. The van der Waals surface area contributed by atoms with Gasteiger partial charge in [-0.25, -0.2) is 0 Å². The lowest BCUT2D eigenvalue weighted by atomic mass is 10.2. The van der Waals surface area contributed by atoms with Crippen LogP contribution in [-0.4, -0.2) is 0 Å². The Morgan fingerprint density at radius 2 is 2.44 bits per heavy atom. The fourth-order valence-corrected chi connectivity index (χ4v) is 1.84. The molecule has 2 N–H and O–H groups in total. The average molecular weight is 206 g/mol. The van der Waals surface area contributed by atoms with Gasteiger partial charge in [-0.2, -0.15) is 0 Å². The highest BCUT2D eigenvalue weighted by Crippen LogP contribution is 2.23. The van der Waals surface area contributed by atoms with Gasteiger partial charge in [-0.05, 0) is 39.9 Å². The fourth-order valence-electron chi connectivity index (χ4n) is 0.562. The number of nitrogens with two attached hydrogens (primary N) is 1. The van der Waals surface area contributed by atoms with Gasteiger partial charge < -0.3 is 5.73 Å². The highest BCUT2D eigenvalue weighted by Gasteiger charge is 1.99. The summed E-state index contributed by atoms with van der Waals surface area (Å²) in [5.41, 5.74) is 6.81. The molecule has 1 atom stereocenters. The number of thiophene rings is 1. The molecule has 1 heterocycles. The molecule has 1 unspecified atom stereocenters. The number of hydrogen-bond donors (Lipinski definition) is 1. The van der Waals surface area contributed by atoms with Crippen LogP contribution in [0.25, 0.3) is 0 Å². The Balaban J connectivity index is 2.85. The van der Waals surface area contributed by atoms with E-state index in [1.165, 1.54) is 5.56 Å². The molecule has 0 amide bonds. The van der Waals surface area contributed by atoms with Crippen molar-refractivity contribution in [1.29, 1.82) is 0 Å². The summed E-state index contributed by atoms with van der Waals surface area (Å²) >= 11 is 5.03. The molecule has 0 aliphatic heterocycles. The van der Waals surface area contributed by atoms with Crippen molar-refractivity contribution in [3.05, 3.63) is 20.8 Å². The first-order chi connectivity index (χ1) is 4.20. The van der Waals surface area contributed by atoms with Crippen LogP contribution < -0.4 is 5.73 Å². The molecule has 1 aromatic rings. The Hall–Kier alpha value is 0.140. The first-order valence-corrected chi connectivity index (χ1v) is 4.37. The molecule has 0 saturated heterocycles. The van der Waals surface area contributed by atoms with E-state index in [2.05, 4.69) is 27.4 Å². The third kappa shape index (κ3) is 1.78. The first kappa shape index (κ1) is 7.25. The second-order valence-electron chi connectivity index (χ2n) is 1.97. The van der Waals surface area contributed by atoms with Crippen molar-refractivity contribution in [2.24, 2.45) is 5.73 Å².